The van der Waals surface area contributed by atoms with E-state index in [1.54, 1.807) is 0 Å². The normalized spacial score (nSPS) is 12.5. The molecule has 3 aromatic rings. The van der Waals surface area contributed by atoms with Gasteiger partial charge in [-0.3, -0.25) is 0 Å². The fraction of sp³-hybridized carbons (Fsp3) is 0.111. The standard InChI is InChI=1S/C18H13ClF2/c19-16(11-15-17(20)9-4-10-18(15)21)14-8-3-6-12-5-1-2-7-13(12)14/h1-10,16H,11H2. The summed E-state index contributed by atoms with van der Waals surface area (Å²) in [6, 6.07) is 17.5. The smallest absolute Gasteiger partial charge is 0.129 e. The third kappa shape index (κ3) is 2.77. The van der Waals surface area contributed by atoms with Gasteiger partial charge in [-0.05, 0) is 34.9 Å². The van der Waals surface area contributed by atoms with E-state index in [0.717, 1.165) is 16.3 Å². The van der Waals surface area contributed by atoms with Crippen LogP contribution in [0.5, 0.6) is 0 Å². The third-order valence-electron chi connectivity index (χ3n) is 3.61. The summed E-state index contributed by atoms with van der Waals surface area (Å²) in [6.07, 6.45) is 0.119. The number of hydrogen-bond acceptors (Lipinski definition) is 0. The second kappa shape index (κ2) is 5.82. The van der Waals surface area contributed by atoms with E-state index < -0.39 is 17.0 Å². The van der Waals surface area contributed by atoms with Crippen molar-refractivity contribution in [3.8, 4) is 0 Å². The average molecular weight is 303 g/mol. The van der Waals surface area contributed by atoms with E-state index in [2.05, 4.69) is 0 Å². The SMILES string of the molecule is Fc1cccc(F)c1CC(Cl)c1cccc2ccccc12. The highest BCUT2D eigenvalue weighted by Crippen LogP contribution is 2.32. The van der Waals surface area contributed by atoms with Crippen LogP contribution in [0.4, 0.5) is 8.78 Å². The number of halogens is 3. The molecule has 0 aliphatic rings. The largest absolute Gasteiger partial charge is 0.207 e. The Balaban J connectivity index is 2.00. The fourth-order valence-electron chi connectivity index (χ4n) is 2.54. The minimum atomic E-state index is -0.555. The van der Waals surface area contributed by atoms with Crippen molar-refractivity contribution in [2.45, 2.75) is 11.8 Å². The predicted octanol–water partition coefficient (Wildman–Crippen LogP) is 5.64. The fourth-order valence-corrected chi connectivity index (χ4v) is 2.88. The molecule has 0 fully saturated rings. The van der Waals surface area contributed by atoms with Crippen LogP contribution >= 0.6 is 11.6 Å². The lowest BCUT2D eigenvalue weighted by molar-refractivity contribution is 0.553. The van der Waals surface area contributed by atoms with E-state index in [-0.39, 0.29) is 12.0 Å². The topological polar surface area (TPSA) is 0 Å². The number of alkyl halides is 1. The molecule has 0 spiro atoms. The maximum Gasteiger partial charge on any atom is 0.129 e. The molecular formula is C18H13ClF2. The molecule has 0 N–H and O–H groups in total. The molecule has 106 valence electrons. The van der Waals surface area contributed by atoms with Crippen molar-refractivity contribution in [3.63, 3.8) is 0 Å². The van der Waals surface area contributed by atoms with E-state index in [1.165, 1.54) is 18.2 Å². The molecule has 0 bridgehead atoms. The molecule has 0 nitrogen and oxygen atoms in total. The van der Waals surface area contributed by atoms with Crippen LogP contribution in [0.2, 0.25) is 0 Å². The monoisotopic (exact) mass is 302 g/mol. The highest BCUT2D eigenvalue weighted by Gasteiger charge is 2.17. The van der Waals surface area contributed by atoms with E-state index in [9.17, 15) is 8.78 Å². The van der Waals surface area contributed by atoms with Crippen LogP contribution in [0.25, 0.3) is 10.8 Å². The number of fused-ring (bicyclic) bond motifs is 1. The summed E-state index contributed by atoms with van der Waals surface area (Å²) in [4.78, 5) is 0. The summed E-state index contributed by atoms with van der Waals surface area (Å²) in [5.74, 6) is -1.11. The maximum atomic E-state index is 13.7. The van der Waals surface area contributed by atoms with Crippen molar-refractivity contribution >= 4 is 22.4 Å². The molecule has 0 aliphatic heterocycles. The maximum absolute atomic E-state index is 13.7. The van der Waals surface area contributed by atoms with Crippen LogP contribution in [0, 0.1) is 11.6 Å². The van der Waals surface area contributed by atoms with E-state index >= 15 is 0 Å². The average Bonchev–Trinajstić information content (AvgIpc) is 2.50. The molecule has 3 rings (SSSR count). The van der Waals surface area contributed by atoms with Crippen molar-refractivity contribution in [3.05, 3.63) is 83.4 Å². The Bertz CT molecular complexity index is 758. The number of hydrogen-bond donors (Lipinski definition) is 0. The van der Waals surface area contributed by atoms with E-state index in [0.29, 0.717) is 0 Å². The Hall–Kier alpha value is -1.93. The van der Waals surface area contributed by atoms with Crippen LogP contribution in [0.1, 0.15) is 16.5 Å². The molecule has 0 saturated carbocycles. The first-order valence-electron chi connectivity index (χ1n) is 6.71. The number of rotatable bonds is 3. The summed E-state index contributed by atoms with van der Waals surface area (Å²) in [5, 5.41) is 1.59. The first kappa shape index (κ1) is 14.0. The quantitative estimate of drug-likeness (QED) is 0.549. The van der Waals surface area contributed by atoms with Crippen molar-refractivity contribution in [1.29, 1.82) is 0 Å². The lowest BCUT2D eigenvalue weighted by atomic mass is 9.98. The zero-order valence-corrected chi connectivity index (χ0v) is 11.9. The molecule has 3 heteroatoms. The molecule has 0 radical (unpaired) electrons. The molecule has 3 aromatic carbocycles. The summed E-state index contributed by atoms with van der Waals surface area (Å²) in [6.45, 7) is 0. The van der Waals surface area contributed by atoms with Gasteiger partial charge in [-0.25, -0.2) is 8.78 Å². The van der Waals surface area contributed by atoms with Crippen molar-refractivity contribution in [1.82, 2.24) is 0 Å². The van der Waals surface area contributed by atoms with Gasteiger partial charge in [0.2, 0.25) is 0 Å². The summed E-state index contributed by atoms with van der Waals surface area (Å²) < 4.78 is 27.5. The predicted molar refractivity (Wildman–Crippen MR) is 82.6 cm³/mol. The van der Waals surface area contributed by atoms with Gasteiger partial charge in [0.25, 0.3) is 0 Å². The molecule has 0 amide bonds. The van der Waals surface area contributed by atoms with Crippen molar-refractivity contribution < 1.29 is 8.78 Å². The van der Waals surface area contributed by atoms with Crippen LogP contribution in [0.15, 0.2) is 60.7 Å². The van der Waals surface area contributed by atoms with Gasteiger partial charge >= 0.3 is 0 Å². The Morgan fingerprint density at radius 2 is 1.43 bits per heavy atom. The summed E-state index contributed by atoms with van der Waals surface area (Å²) in [5.41, 5.74) is 0.919. The first-order chi connectivity index (χ1) is 10.2. The molecule has 1 atom stereocenters. The summed E-state index contributed by atoms with van der Waals surface area (Å²) >= 11 is 6.43. The molecule has 21 heavy (non-hydrogen) atoms. The van der Waals surface area contributed by atoms with Crippen LogP contribution in [-0.4, -0.2) is 0 Å². The Kier molecular flexibility index (Phi) is 3.89. The minimum Gasteiger partial charge on any atom is -0.207 e. The zero-order chi connectivity index (χ0) is 14.8. The third-order valence-corrected chi connectivity index (χ3v) is 4.00. The van der Waals surface area contributed by atoms with Gasteiger partial charge in [0.05, 0.1) is 5.38 Å². The summed E-state index contributed by atoms with van der Waals surface area (Å²) in [7, 11) is 0. The van der Waals surface area contributed by atoms with Crippen LogP contribution in [-0.2, 0) is 6.42 Å². The second-order valence-corrected chi connectivity index (χ2v) is 5.47. The van der Waals surface area contributed by atoms with Gasteiger partial charge in [-0.2, -0.15) is 0 Å². The molecular weight excluding hydrogens is 290 g/mol. The molecule has 1 unspecified atom stereocenters. The Labute approximate surface area is 127 Å². The van der Waals surface area contributed by atoms with Gasteiger partial charge < -0.3 is 0 Å². The van der Waals surface area contributed by atoms with Gasteiger partial charge in [0.1, 0.15) is 11.6 Å². The number of benzene rings is 3. The lowest BCUT2D eigenvalue weighted by Crippen LogP contribution is -2.02. The molecule has 0 saturated heterocycles. The molecule has 0 aliphatic carbocycles. The van der Waals surface area contributed by atoms with Gasteiger partial charge in [-0.15, -0.1) is 11.6 Å². The van der Waals surface area contributed by atoms with Crippen LogP contribution in [0.3, 0.4) is 0 Å². The van der Waals surface area contributed by atoms with Gasteiger partial charge in [0, 0.05) is 5.56 Å². The van der Waals surface area contributed by atoms with Crippen molar-refractivity contribution in [2.24, 2.45) is 0 Å². The van der Waals surface area contributed by atoms with Gasteiger partial charge in [-0.1, -0.05) is 48.5 Å². The second-order valence-electron chi connectivity index (χ2n) is 4.94. The first-order valence-corrected chi connectivity index (χ1v) is 7.15. The van der Waals surface area contributed by atoms with E-state index in [4.69, 9.17) is 11.6 Å². The van der Waals surface area contributed by atoms with E-state index in [1.807, 2.05) is 42.5 Å². The molecule has 0 aromatic heterocycles. The highest BCUT2D eigenvalue weighted by molar-refractivity contribution is 6.22. The minimum absolute atomic E-state index is 0.0328. The molecule has 0 heterocycles. The lowest BCUT2D eigenvalue weighted by Gasteiger charge is -2.14. The van der Waals surface area contributed by atoms with Gasteiger partial charge in [0.15, 0.2) is 0 Å². The highest BCUT2D eigenvalue weighted by atomic mass is 35.5. The zero-order valence-electron chi connectivity index (χ0n) is 11.2. The Morgan fingerprint density at radius 3 is 2.19 bits per heavy atom. The van der Waals surface area contributed by atoms with Crippen LogP contribution < -0.4 is 0 Å². The Morgan fingerprint density at radius 1 is 0.810 bits per heavy atom. The van der Waals surface area contributed by atoms with Crippen molar-refractivity contribution in [2.75, 3.05) is 0 Å².